The molecule has 0 unspecified atom stereocenters. The molecule has 26 heavy (non-hydrogen) atoms. The molecule has 2 fully saturated rings. The zero-order valence-electron chi connectivity index (χ0n) is 15.9. The van der Waals surface area contributed by atoms with Gasteiger partial charge in [0.2, 0.25) is 11.9 Å². The van der Waals surface area contributed by atoms with E-state index in [1.807, 2.05) is 0 Å². The van der Waals surface area contributed by atoms with E-state index in [9.17, 15) is 4.79 Å². The van der Waals surface area contributed by atoms with Crippen LogP contribution in [-0.4, -0.2) is 60.2 Å². The van der Waals surface area contributed by atoms with Crippen LogP contribution >= 0.6 is 0 Å². The minimum atomic E-state index is 0.251. The Morgan fingerprint density at radius 1 is 1.00 bits per heavy atom. The summed E-state index contributed by atoms with van der Waals surface area (Å²) in [5.74, 6) is 1.45. The third kappa shape index (κ3) is 3.70. The number of anilines is 1. The molecule has 0 bridgehead atoms. The Hall–Kier alpha value is -1.69. The normalized spacial score (nSPS) is 22.0. The summed E-state index contributed by atoms with van der Waals surface area (Å²) in [6, 6.07) is 0. The van der Waals surface area contributed by atoms with Crippen LogP contribution in [0.15, 0.2) is 0 Å². The molecule has 0 atom stereocenters. The number of ether oxygens (including phenoxy) is 1. The number of carbonyl (C=O) groups excluding carboxylic acids is 1. The summed E-state index contributed by atoms with van der Waals surface area (Å²) in [4.78, 5) is 26.9. The van der Waals surface area contributed by atoms with E-state index in [4.69, 9.17) is 14.7 Å². The molecule has 1 aromatic rings. The minimum Gasteiger partial charge on any atom is -0.378 e. The molecule has 3 aliphatic rings. The summed E-state index contributed by atoms with van der Waals surface area (Å²) in [6.45, 7) is 6.87. The number of nitrogens with zero attached hydrogens (tertiary/aromatic N) is 4. The van der Waals surface area contributed by atoms with Crippen LogP contribution in [0.1, 0.15) is 49.1 Å². The van der Waals surface area contributed by atoms with Crippen LogP contribution in [0.25, 0.3) is 0 Å². The maximum atomic E-state index is 12.9. The molecule has 1 saturated carbocycles. The Kier molecular flexibility index (Phi) is 5.38. The van der Waals surface area contributed by atoms with E-state index in [0.29, 0.717) is 5.91 Å². The molecule has 0 spiro atoms. The van der Waals surface area contributed by atoms with Crippen molar-refractivity contribution in [2.45, 2.75) is 51.9 Å². The highest BCUT2D eigenvalue weighted by Crippen LogP contribution is 2.27. The largest absolute Gasteiger partial charge is 0.378 e. The molecule has 0 aromatic carbocycles. The lowest BCUT2D eigenvalue weighted by Gasteiger charge is -2.28. The van der Waals surface area contributed by atoms with Crippen LogP contribution in [-0.2, 0) is 22.4 Å². The maximum absolute atomic E-state index is 12.9. The predicted octanol–water partition coefficient (Wildman–Crippen LogP) is 2.13. The highest BCUT2D eigenvalue weighted by Gasteiger charge is 2.28. The van der Waals surface area contributed by atoms with Crippen LogP contribution in [0.4, 0.5) is 5.95 Å². The Bertz CT molecular complexity index is 651. The molecular weight excluding hydrogens is 328 g/mol. The number of hydrogen-bond acceptors (Lipinski definition) is 5. The molecule has 4 rings (SSSR count). The molecule has 6 heteroatoms. The first-order valence-electron chi connectivity index (χ1n) is 10.2. The van der Waals surface area contributed by atoms with Gasteiger partial charge in [-0.2, -0.15) is 0 Å². The van der Waals surface area contributed by atoms with Gasteiger partial charge >= 0.3 is 0 Å². The average Bonchev–Trinajstić information content (AvgIpc) is 2.92. The van der Waals surface area contributed by atoms with Gasteiger partial charge in [0.05, 0.1) is 18.9 Å². The molecule has 6 nitrogen and oxygen atoms in total. The van der Waals surface area contributed by atoms with E-state index in [1.54, 1.807) is 0 Å². The summed E-state index contributed by atoms with van der Waals surface area (Å²) in [7, 11) is 0. The van der Waals surface area contributed by atoms with Crippen molar-refractivity contribution in [3.8, 4) is 0 Å². The van der Waals surface area contributed by atoms with Gasteiger partial charge in [0.25, 0.3) is 0 Å². The lowest BCUT2D eigenvalue weighted by molar-refractivity contribution is -0.136. The summed E-state index contributed by atoms with van der Waals surface area (Å²) >= 11 is 0. The number of aromatic nitrogens is 2. The van der Waals surface area contributed by atoms with Gasteiger partial charge in [0.1, 0.15) is 0 Å². The fourth-order valence-electron chi connectivity index (χ4n) is 4.50. The number of carbonyl (C=O) groups is 1. The molecule has 1 aromatic heterocycles. The van der Waals surface area contributed by atoms with Crippen molar-refractivity contribution < 1.29 is 9.53 Å². The van der Waals surface area contributed by atoms with Gasteiger partial charge in [-0.1, -0.05) is 19.3 Å². The topological polar surface area (TPSA) is 58.6 Å². The van der Waals surface area contributed by atoms with Gasteiger partial charge in [-0.15, -0.1) is 0 Å². The monoisotopic (exact) mass is 358 g/mol. The van der Waals surface area contributed by atoms with E-state index in [-0.39, 0.29) is 5.92 Å². The zero-order valence-corrected chi connectivity index (χ0v) is 15.9. The van der Waals surface area contributed by atoms with Gasteiger partial charge in [0.15, 0.2) is 0 Å². The minimum absolute atomic E-state index is 0.251. The molecule has 2 aliphatic heterocycles. The van der Waals surface area contributed by atoms with Crippen LogP contribution in [0.5, 0.6) is 0 Å². The zero-order chi connectivity index (χ0) is 17.9. The van der Waals surface area contributed by atoms with E-state index in [2.05, 4.69) is 16.7 Å². The van der Waals surface area contributed by atoms with Gasteiger partial charge in [-0.25, -0.2) is 9.97 Å². The number of amides is 1. The summed E-state index contributed by atoms with van der Waals surface area (Å²) in [5.41, 5.74) is 3.46. The second-order valence-electron chi connectivity index (χ2n) is 7.79. The molecule has 3 heterocycles. The number of morpholine rings is 1. The lowest BCUT2D eigenvalue weighted by Crippen LogP contribution is -2.38. The third-order valence-electron chi connectivity index (χ3n) is 6.10. The lowest BCUT2D eigenvalue weighted by atomic mass is 9.88. The van der Waals surface area contributed by atoms with Gasteiger partial charge in [-0.05, 0) is 31.7 Å². The van der Waals surface area contributed by atoms with Crippen molar-refractivity contribution in [2.75, 3.05) is 44.3 Å². The number of rotatable bonds is 2. The van der Waals surface area contributed by atoms with E-state index in [0.717, 1.165) is 82.4 Å². The number of hydrogen-bond donors (Lipinski definition) is 0. The molecule has 1 aliphatic carbocycles. The van der Waals surface area contributed by atoms with Crippen LogP contribution in [0.2, 0.25) is 0 Å². The number of fused-ring (bicyclic) bond motifs is 1. The second kappa shape index (κ2) is 7.91. The third-order valence-corrected chi connectivity index (χ3v) is 6.10. The van der Waals surface area contributed by atoms with Crippen LogP contribution in [0.3, 0.4) is 0 Å². The molecule has 142 valence electrons. The Labute approximate surface area is 155 Å². The van der Waals surface area contributed by atoms with Crippen LogP contribution in [0, 0.1) is 12.8 Å². The van der Waals surface area contributed by atoms with Crippen molar-refractivity contribution in [1.29, 1.82) is 0 Å². The average molecular weight is 358 g/mol. The van der Waals surface area contributed by atoms with Crippen molar-refractivity contribution in [1.82, 2.24) is 14.9 Å². The summed E-state index contributed by atoms with van der Waals surface area (Å²) in [6.07, 6.45) is 7.56. The molecule has 0 radical (unpaired) electrons. The van der Waals surface area contributed by atoms with Crippen molar-refractivity contribution in [3.63, 3.8) is 0 Å². The van der Waals surface area contributed by atoms with Crippen molar-refractivity contribution in [3.05, 3.63) is 17.0 Å². The molecule has 1 amide bonds. The predicted molar refractivity (Wildman–Crippen MR) is 100 cm³/mol. The standard InChI is InChI=1S/C20H30N4O2/c1-15-17-7-9-23(19(25)16-5-3-2-4-6-16)10-8-18(17)22-20(21-15)24-11-13-26-14-12-24/h16H,2-14H2,1H3. The maximum Gasteiger partial charge on any atom is 0.225 e. The van der Waals surface area contributed by atoms with Crippen molar-refractivity contribution in [2.24, 2.45) is 5.92 Å². The molecule has 0 N–H and O–H groups in total. The highest BCUT2D eigenvalue weighted by molar-refractivity contribution is 5.79. The SMILES string of the molecule is Cc1nc(N2CCOCC2)nc2c1CCN(C(=O)C1CCCCC1)CC2. The smallest absolute Gasteiger partial charge is 0.225 e. The van der Waals surface area contributed by atoms with Gasteiger partial charge < -0.3 is 14.5 Å². The first kappa shape index (κ1) is 17.7. The molecule has 1 saturated heterocycles. The van der Waals surface area contributed by atoms with Crippen molar-refractivity contribution >= 4 is 11.9 Å². The summed E-state index contributed by atoms with van der Waals surface area (Å²) < 4.78 is 5.44. The van der Waals surface area contributed by atoms with E-state index < -0.39 is 0 Å². The fraction of sp³-hybridized carbons (Fsp3) is 0.750. The van der Waals surface area contributed by atoms with E-state index >= 15 is 0 Å². The van der Waals surface area contributed by atoms with E-state index in [1.165, 1.54) is 24.8 Å². The first-order valence-corrected chi connectivity index (χ1v) is 10.2. The van der Waals surface area contributed by atoms with Gasteiger partial charge in [0, 0.05) is 44.2 Å². The fourth-order valence-corrected chi connectivity index (χ4v) is 4.50. The highest BCUT2D eigenvalue weighted by atomic mass is 16.5. The molecular formula is C20H30N4O2. The number of aryl methyl sites for hydroxylation is 1. The Morgan fingerprint density at radius 2 is 1.73 bits per heavy atom. The second-order valence-corrected chi connectivity index (χ2v) is 7.79. The summed E-state index contributed by atoms with van der Waals surface area (Å²) in [5, 5.41) is 0. The Morgan fingerprint density at radius 3 is 2.50 bits per heavy atom. The van der Waals surface area contributed by atoms with Gasteiger partial charge in [-0.3, -0.25) is 4.79 Å². The first-order chi connectivity index (χ1) is 12.7. The Balaban J connectivity index is 1.48. The quantitative estimate of drug-likeness (QED) is 0.811. The van der Waals surface area contributed by atoms with Crippen LogP contribution < -0.4 is 4.90 Å².